The first kappa shape index (κ1) is 28.7. The van der Waals surface area contributed by atoms with E-state index >= 15 is 0 Å². The minimum absolute atomic E-state index is 0.0291. The summed E-state index contributed by atoms with van der Waals surface area (Å²) < 4.78 is 4.78. The van der Waals surface area contributed by atoms with E-state index in [4.69, 9.17) is 4.74 Å². The van der Waals surface area contributed by atoms with Gasteiger partial charge in [-0.2, -0.15) is 0 Å². The third-order valence-electron chi connectivity index (χ3n) is 8.97. The Kier molecular flexibility index (Phi) is 8.57. The lowest BCUT2D eigenvalue weighted by atomic mass is 9.66. The molecule has 1 spiro atoms. The molecule has 3 heterocycles. The summed E-state index contributed by atoms with van der Waals surface area (Å²) in [4.78, 5) is 45.7. The summed E-state index contributed by atoms with van der Waals surface area (Å²) in [5.41, 5.74) is 0.769. The fourth-order valence-corrected chi connectivity index (χ4v) is 9.64. The van der Waals surface area contributed by atoms with Gasteiger partial charge >= 0.3 is 5.97 Å². The van der Waals surface area contributed by atoms with Crippen LogP contribution in [0.1, 0.15) is 46.0 Å². The zero-order chi connectivity index (χ0) is 28.4. The van der Waals surface area contributed by atoms with E-state index in [2.05, 4.69) is 13.5 Å². The maximum absolute atomic E-state index is 14.8. The van der Waals surface area contributed by atoms with E-state index in [0.29, 0.717) is 13.1 Å². The van der Waals surface area contributed by atoms with Gasteiger partial charge in [0, 0.05) is 30.6 Å². The first-order valence-corrected chi connectivity index (χ1v) is 15.4. The molecule has 3 aliphatic rings. The van der Waals surface area contributed by atoms with Crippen molar-refractivity contribution in [1.82, 2.24) is 4.90 Å². The van der Waals surface area contributed by atoms with Gasteiger partial charge in [0.1, 0.15) is 6.04 Å². The summed E-state index contributed by atoms with van der Waals surface area (Å²) in [5, 5.41) is 11.3. The molecule has 3 saturated heterocycles. The topological polar surface area (TPSA) is 87.2 Å². The quantitative estimate of drug-likeness (QED) is 0.226. The Bertz CT molecular complexity index is 1280. The lowest BCUT2D eigenvalue weighted by Crippen LogP contribution is -2.57. The molecule has 7 nitrogen and oxygen atoms in total. The van der Waals surface area contributed by atoms with Gasteiger partial charge in [0.2, 0.25) is 5.91 Å². The lowest BCUT2D eigenvalue weighted by molar-refractivity contribution is -0.154. The van der Waals surface area contributed by atoms with E-state index in [0.717, 1.165) is 48.6 Å². The molecule has 1 N–H and O–H groups in total. The summed E-state index contributed by atoms with van der Waals surface area (Å²) >= 11 is 1.67. The zero-order valence-electron chi connectivity index (χ0n) is 23.5. The number of thioether (sulfide) groups is 1. The fourth-order valence-electron chi connectivity index (χ4n) is 7.24. The predicted octanol–water partition coefficient (Wildman–Crippen LogP) is 4.81. The number of carbonyl (C=O) groups excluding carboxylic acids is 3. The van der Waals surface area contributed by atoms with Gasteiger partial charge in [-0.1, -0.05) is 56.2 Å². The molecule has 3 fully saturated rings. The average molecular weight is 565 g/mol. The van der Waals surface area contributed by atoms with Crippen molar-refractivity contribution in [3.8, 4) is 0 Å². The predicted molar refractivity (Wildman–Crippen MR) is 159 cm³/mol. The van der Waals surface area contributed by atoms with Gasteiger partial charge < -0.3 is 19.6 Å². The van der Waals surface area contributed by atoms with Gasteiger partial charge in [-0.05, 0) is 55.0 Å². The van der Waals surface area contributed by atoms with Crippen molar-refractivity contribution >= 4 is 46.0 Å². The molecule has 0 saturated carbocycles. The lowest BCUT2D eigenvalue weighted by Gasteiger charge is -2.40. The minimum Gasteiger partial charge on any atom is -0.466 e. The van der Waals surface area contributed by atoms with Crippen molar-refractivity contribution in [3.63, 3.8) is 0 Å². The normalized spacial score (nSPS) is 28.6. The third-order valence-corrected chi connectivity index (χ3v) is 11.0. The van der Waals surface area contributed by atoms with E-state index in [1.165, 1.54) is 0 Å². The van der Waals surface area contributed by atoms with Crippen LogP contribution in [0, 0.1) is 17.8 Å². The molecule has 6 atom stereocenters. The maximum Gasteiger partial charge on any atom is 0.310 e. The number of hydrogen-bond donors (Lipinski definition) is 1. The molecule has 40 heavy (non-hydrogen) atoms. The molecular formula is C32H40N2O5S. The zero-order valence-corrected chi connectivity index (χ0v) is 24.3. The van der Waals surface area contributed by atoms with E-state index in [1.807, 2.05) is 42.5 Å². The van der Waals surface area contributed by atoms with Gasteiger partial charge in [-0.15, -0.1) is 18.3 Å². The van der Waals surface area contributed by atoms with E-state index < -0.39 is 22.6 Å². The second-order valence-electron chi connectivity index (χ2n) is 11.2. The first-order chi connectivity index (χ1) is 19.4. The summed E-state index contributed by atoms with van der Waals surface area (Å²) in [6, 6.07) is 13.4. The number of aliphatic hydroxyl groups is 1. The van der Waals surface area contributed by atoms with Crippen molar-refractivity contribution < 1.29 is 24.2 Å². The summed E-state index contributed by atoms with van der Waals surface area (Å²) in [6.45, 7) is 9.03. The SMILES string of the molecule is C=CCN(C(=O)C1N(CCCCCCO)C(=O)[C@@H]2[C@@H](C(=O)OCC)[C@H]3CC(C)C12S3)c1ccc2ccccc2c1. The Hall–Kier alpha value is -2.84. The Morgan fingerprint density at radius 1 is 1.18 bits per heavy atom. The molecule has 2 bridgehead atoms. The summed E-state index contributed by atoms with van der Waals surface area (Å²) in [5.74, 6) is -1.54. The summed E-state index contributed by atoms with van der Waals surface area (Å²) in [7, 11) is 0. The number of rotatable bonds is 12. The number of hydrogen-bond acceptors (Lipinski definition) is 6. The Morgan fingerprint density at radius 3 is 2.65 bits per heavy atom. The molecule has 214 valence electrons. The number of fused-ring (bicyclic) bond motifs is 2. The Labute approximate surface area is 240 Å². The van der Waals surface area contributed by atoms with Crippen LogP contribution in [0.2, 0.25) is 0 Å². The molecule has 2 aromatic rings. The highest BCUT2D eigenvalue weighted by Crippen LogP contribution is 2.68. The van der Waals surface area contributed by atoms with Crippen molar-refractivity contribution in [2.45, 2.75) is 62.0 Å². The molecule has 0 aromatic heterocycles. The van der Waals surface area contributed by atoms with Crippen molar-refractivity contribution in [1.29, 1.82) is 0 Å². The highest BCUT2D eigenvalue weighted by atomic mass is 32.2. The second-order valence-corrected chi connectivity index (χ2v) is 12.8. The van der Waals surface area contributed by atoms with Crippen LogP contribution in [0.4, 0.5) is 5.69 Å². The molecule has 0 radical (unpaired) electrons. The number of likely N-dealkylation sites (tertiary alicyclic amines) is 1. The van der Waals surface area contributed by atoms with Crippen molar-refractivity contribution in [2.75, 3.05) is 31.2 Å². The number of esters is 1. The fraction of sp³-hybridized carbons (Fsp3) is 0.531. The van der Waals surface area contributed by atoms with E-state index in [1.54, 1.807) is 34.6 Å². The maximum atomic E-state index is 14.8. The Morgan fingerprint density at radius 2 is 1.93 bits per heavy atom. The molecule has 3 unspecified atom stereocenters. The molecule has 3 aliphatic heterocycles. The van der Waals surface area contributed by atoms with Crippen LogP contribution < -0.4 is 4.90 Å². The molecule has 2 aromatic carbocycles. The highest BCUT2D eigenvalue weighted by molar-refractivity contribution is 8.02. The van der Waals surface area contributed by atoms with Crippen LogP contribution >= 0.6 is 11.8 Å². The number of ether oxygens (including phenoxy) is 1. The van der Waals surface area contributed by atoms with E-state index in [-0.39, 0.29) is 42.2 Å². The average Bonchev–Trinajstić information content (AvgIpc) is 3.54. The molecule has 0 aliphatic carbocycles. The van der Waals surface area contributed by atoms with Crippen LogP contribution in [0.3, 0.4) is 0 Å². The van der Waals surface area contributed by atoms with E-state index in [9.17, 15) is 19.5 Å². The summed E-state index contributed by atoms with van der Waals surface area (Å²) in [6.07, 6.45) is 5.69. The number of aliphatic hydroxyl groups excluding tert-OH is 1. The smallest absolute Gasteiger partial charge is 0.310 e. The Balaban J connectivity index is 1.54. The number of unbranched alkanes of at least 4 members (excludes halogenated alkanes) is 3. The molecule has 5 rings (SSSR count). The van der Waals surface area contributed by atoms with Gasteiger partial charge in [0.05, 0.1) is 23.2 Å². The number of nitrogens with zero attached hydrogens (tertiary/aromatic N) is 2. The van der Waals surface area contributed by atoms with Crippen LogP contribution in [0.15, 0.2) is 55.1 Å². The third kappa shape index (κ3) is 4.73. The van der Waals surface area contributed by atoms with Gasteiger partial charge in [-0.3, -0.25) is 14.4 Å². The van der Waals surface area contributed by atoms with Gasteiger partial charge in [0.15, 0.2) is 0 Å². The minimum atomic E-state index is -0.683. The monoisotopic (exact) mass is 564 g/mol. The number of carbonyl (C=O) groups is 3. The number of anilines is 1. The van der Waals surface area contributed by atoms with Crippen LogP contribution in [0.25, 0.3) is 10.8 Å². The highest BCUT2D eigenvalue weighted by Gasteiger charge is 2.76. The van der Waals surface area contributed by atoms with Crippen molar-refractivity contribution in [2.24, 2.45) is 17.8 Å². The molecular weight excluding hydrogens is 524 g/mol. The second kappa shape index (κ2) is 12.0. The first-order valence-electron chi connectivity index (χ1n) is 14.6. The number of benzene rings is 2. The molecule has 2 amide bonds. The van der Waals surface area contributed by atoms with Gasteiger partial charge in [-0.25, -0.2) is 0 Å². The van der Waals surface area contributed by atoms with Crippen LogP contribution in [-0.2, 0) is 19.1 Å². The number of amides is 2. The van der Waals surface area contributed by atoms with Crippen molar-refractivity contribution in [3.05, 3.63) is 55.1 Å². The van der Waals surface area contributed by atoms with Crippen LogP contribution in [-0.4, -0.2) is 70.1 Å². The largest absolute Gasteiger partial charge is 0.466 e. The molecule has 8 heteroatoms. The van der Waals surface area contributed by atoms with Crippen LogP contribution in [0.5, 0.6) is 0 Å². The van der Waals surface area contributed by atoms with Gasteiger partial charge in [0.25, 0.3) is 5.91 Å². The standard InChI is InChI=1S/C32H40N2O5S/c1-4-16-33(24-15-14-22-12-8-9-13-23(22)20-24)30(37)28-32-21(3)19-25(40-32)26(31(38)39-5-2)27(32)29(36)34(28)17-10-6-7-11-18-35/h4,8-9,12-15,20-21,25-28,35H,1,5-7,10-11,16-19H2,2-3H3/t21?,25-,26+,27+,28?,32?/m1/s1.